The van der Waals surface area contributed by atoms with Crippen LogP contribution in [0.2, 0.25) is 0 Å². The Bertz CT molecular complexity index is 120. The summed E-state index contributed by atoms with van der Waals surface area (Å²) in [6, 6.07) is 0. The van der Waals surface area contributed by atoms with Crippen LogP contribution in [0.25, 0.3) is 0 Å². The van der Waals surface area contributed by atoms with E-state index in [0.29, 0.717) is 11.8 Å². The molecular weight excluding hydrogens is 136 g/mol. The summed E-state index contributed by atoms with van der Waals surface area (Å²) in [5.74, 6) is 1.95. The Kier molecular flexibility index (Phi) is 2.94. The molecule has 1 saturated carbocycles. The number of aliphatic hydroxyl groups excluding tert-OH is 1. The van der Waals surface area contributed by atoms with Gasteiger partial charge in [-0.3, -0.25) is 0 Å². The number of hydrogen-bond acceptors (Lipinski definition) is 1. The molecule has 0 saturated heterocycles. The molecule has 0 aliphatic heterocycles. The first-order chi connectivity index (χ1) is 5.11. The molecule has 11 heavy (non-hydrogen) atoms. The maximum Gasteiger partial charge on any atom is 0.0573 e. The zero-order valence-corrected chi connectivity index (χ0v) is 7.88. The van der Waals surface area contributed by atoms with E-state index in [-0.39, 0.29) is 6.10 Å². The second kappa shape index (κ2) is 3.57. The van der Waals surface area contributed by atoms with E-state index in [0.717, 1.165) is 12.3 Å². The molecule has 3 atom stereocenters. The van der Waals surface area contributed by atoms with E-state index < -0.39 is 0 Å². The van der Waals surface area contributed by atoms with Gasteiger partial charge in [-0.2, -0.15) is 0 Å². The smallest absolute Gasteiger partial charge is 0.0573 e. The minimum atomic E-state index is -0.0289. The highest BCUT2D eigenvalue weighted by Gasteiger charge is 2.28. The molecule has 0 bridgehead atoms. The molecule has 1 nitrogen and oxygen atoms in total. The summed E-state index contributed by atoms with van der Waals surface area (Å²) in [6.07, 6.45) is 3.52. The molecule has 1 rings (SSSR count). The van der Waals surface area contributed by atoms with Crippen LogP contribution < -0.4 is 0 Å². The molecule has 0 spiro atoms. The molecule has 0 aromatic rings. The van der Waals surface area contributed by atoms with Gasteiger partial charge in [0, 0.05) is 0 Å². The van der Waals surface area contributed by atoms with E-state index in [1.54, 1.807) is 0 Å². The van der Waals surface area contributed by atoms with Crippen molar-refractivity contribution < 1.29 is 5.11 Å². The third-order valence-corrected chi connectivity index (χ3v) is 2.99. The van der Waals surface area contributed by atoms with E-state index in [4.69, 9.17) is 0 Å². The van der Waals surface area contributed by atoms with Gasteiger partial charge in [0.15, 0.2) is 0 Å². The predicted molar refractivity (Wildman–Crippen MR) is 47.3 cm³/mol. The van der Waals surface area contributed by atoms with Gasteiger partial charge in [-0.1, -0.05) is 27.2 Å². The normalized spacial score (nSPS) is 39.5. The van der Waals surface area contributed by atoms with Gasteiger partial charge in [-0.15, -0.1) is 0 Å². The molecule has 1 unspecified atom stereocenters. The van der Waals surface area contributed by atoms with Crippen molar-refractivity contribution >= 4 is 0 Å². The van der Waals surface area contributed by atoms with Crippen LogP contribution in [0.15, 0.2) is 0 Å². The lowest BCUT2D eigenvalue weighted by atomic mass is 9.75. The number of rotatable bonds is 1. The monoisotopic (exact) mass is 156 g/mol. The average molecular weight is 156 g/mol. The Balaban J connectivity index is 2.44. The fourth-order valence-corrected chi connectivity index (χ4v) is 2.15. The van der Waals surface area contributed by atoms with Crippen LogP contribution in [0.3, 0.4) is 0 Å². The van der Waals surface area contributed by atoms with Crippen molar-refractivity contribution in [2.45, 2.75) is 46.1 Å². The summed E-state index contributed by atoms with van der Waals surface area (Å²) >= 11 is 0. The largest absolute Gasteiger partial charge is 0.393 e. The molecule has 1 aliphatic rings. The summed E-state index contributed by atoms with van der Waals surface area (Å²) < 4.78 is 0. The molecule has 0 amide bonds. The highest BCUT2D eigenvalue weighted by molar-refractivity contribution is 4.79. The molecule has 1 fully saturated rings. The SMILES string of the molecule is CC(C)C1CC[C@H](C)C[C@@H]1O. The van der Waals surface area contributed by atoms with Crippen LogP contribution >= 0.6 is 0 Å². The van der Waals surface area contributed by atoms with Crippen molar-refractivity contribution in [3.63, 3.8) is 0 Å². The van der Waals surface area contributed by atoms with E-state index >= 15 is 0 Å². The minimum Gasteiger partial charge on any atom is -0.393 e. The molecule has 0 heterocycles. The molecule has 1 aliphatic carbocycles. The maximum atomic E-state index is 9.71. The summed E-state index contributed by atoms with van der Waals surface area (Å²) in [5.41, 5.74) is 0. The van der Waals surface area contributed by atoms with Crippen molar-refractivity contribution in [3.8, 4) is 0 Å². The Morgan fingerprint density at radius 3 is 2.36 bits per heavy atom. The summed E-state index contributed by atoms with van der Waals surface area (Å²) in [4.78, 5) is 0. The molecule has 0 radical (unpaired) electrons. The minimum absolute atomic E-state index is 0.0289. The topological polar surface area (TPSA) is 20.2 Å². The molecule has 1 N–H and O–H groups in total. The van der Waals surface area contributed by atoms with Crippen molar-refractivity contribution in [1.82, 2.24) is 0 Å². The van der Waals surface area contributed by atoms with E-state index in [1.807, 2.05) is 0 Å². The summed E-state index contributed by atoms with van der Waals surface area (Å²) in [6.45, 7) is 6.66. The molecular formula is C10H20O. The number of aliphatic hydroxyl groups is 1. The van der Waals surface area contributed by atoms with E-state index in [9.17, 15) is 5.11 Å². The van der Waals surface area contributed by atoms with Gasteiger partial charge in [0.2, 0.25) is 0 Å². The second-order valence-electron chi connectivity index (χ2n) is 4.39. The van der Waals surface area contributed by atoms with Crippen LogP contribution in [0.5, 0.6) is 0 Å². The van der Waals surface area contributed by atoms with Gasteiger partial charge in [-0.25, -0.2) is 0 Å². The van der Waals surface area contributed by atoms with Gasteiger partial charge in [0.1, 0.15) is 0 Å². The van der Waals surface area contributed by atoms with Crippen molar-refractivity contribution in [1.29, 1.82) is 0 Å². The first-order valence-corrected chi connectivity index (χ1v) is 4.79. The lowest BCUT2D eigenvalue weighted by Gasteiger charge is -2.33. The Labute approximate surface area is 69.8 Å². The predicted octanol–water partition coefficient (Wildman–Crippen LogP) is 2.44. The van der Waals surface area contributed by atoms with Gasteiger partial charge in [-0.05, 0) is 30.6 Å². The van der Waals surface area contributed by atoms with Gasteiger partial charge in [0.05, 0.1) is 6.10 Å². The fraction of sp³-hybridized carbons (Fsp3) is 1.00. The summed E-state index contributed by atoms with van der Waals surface area (Å²) in [5, 5.41) is 9.71. The molecule has 66 valence electrons. The van der Waals surface area contributed by atoms with Crippen LogP contribution in [0, 0.1) is 17.8 Å². The lowest BCUT2D eigenvalue weighted by molar-refractivity contribution is 0.0266. The fourth-order valence-electron chi connectivity index (χ4n) is 2.15. The van der Waals surface area contributed by atoms with Gasteiger partial charge < -0.3 is 5.11 Å². The van der Waals surface area contributed by atoms with Crippen LogP contribution in [0.1, 0.15) is 40.0 Å². The van der Waals surface area contributed by atoms with Crippen molar-refractivity contribution in [2.75, 3.05) is 0 Å². The van der Waals surface area contributed by atoms with E-state index in [2.05, 4.69) is 20.8 Å². The quantitative estimate of drug-likeness (QED) is 0.618. The van der Waals surface area contributed by atoms with Gasteiger partial charge in [0.25, 0.3) is 0 Å². The van der Waals surface area contributed by atoms with Gasteiger partial charge >= 0.3 is 0 Å². The van der Waals surface area contributed by atoms with Crippen LogP contribution in [0.4, 0.5) is 0 Å². The van der Waals surface area contributed by atoms with Crippen LogP contribution in [-0.2, 0) is 0 Å². The van der Waals surface area contributed by atoms with Crippen molar-refractivity contribution in [2.24, 2.45) is 17.8 Å². The van der Waals surface area contributed by atoms with Crippen LogP contribution in [-0.4, -0.2) is 11.2 Å². The lowest BCUT2D eigenvalue weighted by Crippen LogP contribution is -2.31. The second-order valence-corrected chi connectivity index (χ2v) is 4.39. The first kappa shape index (κ1) is 9.05. The zero-order chi connectivity index (χ0) is 8.43. The van der Waals surface area contributed by atoms with E-state index in [1.165, 1.54) is 12.8 Å². The molecule has 1 heteroatoms. The highest BCUT2D eigenvalue weighted by Crippen LogP contribution is 2.33. The average Bonchev–Trinajstić information content (AvgIpc) is 1.85. The Hall–Kier alpha value is -0.0400. The third-order valence-electron chi connectivity index (χ3n) is 2.99. The molecule has 0 aromatic heterocycles. The third kappa shape index (κ3) is 2.19. The maximum absolute atomic E-state index is 9.71. The Morgan fingerprint density at radius 1 is 1.27 bits per heavy atom. The first-order valence-electron chi connectivity index (χ1n) is 4.79. The summed E-state index contributed by atoms with van der Waals surface area (Å²) in [7, 11) is 0. The number of hydrogen-bond donors (Lipinski definition) is 1. The Morgan fingerprint density at radius 2 is 1.91 bits per heavy atom. The zero-order valence-electron chi connectivity index (χ0n) is 7.88. The molecule has 0 aromatic carbocycles. The van der Waals surface area contributed by atoms with Crippen molar-refractivity contribution in [3.05, 3.63) is 0 Å². The highest BCUT2D eigenvalue weighted by atomic mass is 16.3. The standard InChI is InChI=1S/C10H20O/c1-7(2)9-5-4-8(3)6-10(9)11/h7-11H,4-6H2,1-3H3/t8-,9?,10-/m0/s1.